The number of carbonyl (C=O) groups excluding carboxylic acids is 1. The third kappa shape index (κ3) is 3.81. The number of piperazine rings is 1. The van der Waals surface area contributed by atoms with Crippen LogP contribution >= 0.6 is 11.6 Å². The Morgan fingerprint density at radius 1 is 1.26 bits per heavy atom. The second-order valence-corrected chi connectivity index (χ2v) is 5.99. The third-order valence-corrected chi connectivity index (χ3v) is 4.15. The molecule has 1 aromatic heterocycles. The molecular formula is C17H19ClN4O. The molecule has 3 rings (SSSR count). The zero-order valence-electron chi connectivity index (χ0n) is 13.0. The average molecular weight is 331 g/mol. The lowest BCUT2D eigenvalue weighted by atomic mass is 10.1. The van der Waals surface area contributed by atoms with E-state index in [4.69, 9.17) is 11.6 Å². The van der Waals surface area contributed by atoms with Crippen LogP contribution in [0.4, 0.5) is 11.5 Å². The van der Waals surface area contributed by atoms with E-state index in [2.05, 4.69) is 20.5 Å². The molecular weight excluding hydrogens is 312 g/mol. The molecule has 1 aromatic carbocycles. The van der Waals surface area contributed by atoms with E-state index >= 15 is 0 Å². The van der Waals surface area contributed by atoms with E-state index in [0.717, 1.165) is 37.4 Å². The van der Waals surface area contributed by atoms with E-state index in [-0.39, 0.29) is 5.91 Å². The number of aromatic nitrogens is 1. The van der Waals surface area contributed by atoms with Crippen molar-refractivity contribution >= 4 is 29.0 Å². The number of nitrogens with zero attached hydrogens (tertiary/aromatic N) is 2. The highest BCUT2D eigenvalue weighted by molar-refractivity contribution is 6.31. The van der Waals surface area contributed by atoms with Gasteiger partial charge < -0.3 is 15.5 Å². The fourth-order valence-electron chi connectivity index (χ4n) is 2.59. The lowest BCUT2D eigenvalue weighted by molar-refractivity contribution is 0.102. The van der Waals surface area contributed by atoms with Gasteiger partial charge in [-0.2, -0.15) is 0 Å². The molecule has 0 spiro atoms. The van der Waals surface area contributed by atoms with Gasteiger partial charge in [-0.25, -0.2) is 4.98 Å². The molecule has 2 N–H and O–H groups in total. The molecule has 120 valence electrons. The first-order valence-corrected chi connectivity index (χ1v) is 8.00. The van der Waals surface area contributed by atoms with Gasteiger partial charge in [-0.1, -0.05) is 17.7 Å². The van der Waals surface area contributed by atoms with E-state index in [1.165, 1.54) is 0 Å². The molecule has 1 amide bonds. The van der Waals surface area contributed by atoms with Crippen LogP contribution in [0.15, 0.2) is 36.5 Å². The van der Waals surface area contributed by atoms with Gasteiger partial charge in [0.05, 0.1) is 11.9 Å². The molecule has 2 aromatic rings. The lowest BCUT2D eigenvalue weighted by Gasteiger charge is -2.29. The van der Waals surface area contributed by atoms with Crippen LogP contribution in [-0.4, -0.2) is 37.1 Å². The Kier molecular flexibility index (Phi) is 4.79. The SMILES string of the molecule is Cc1ccc(Cl)cc1C(=O)Nc1ccc(N2CCNCC2)cn1. The molecule has 0 unspecified atom stereocenters. The number of carbonyl (C=O) groups is 1. The summed E-state index contributed by atoms with van der Waals surface area (Å²) >= 11 is 5.96. The first-order valence-electron chi connectivity index (χ1n) is 7.63. The molecule has 1 saturated heterocycles. The Labute approximate surface area is 140 Å². The molecule has 1 aliphatic heterocycles. The van der Waals surface area contributed by atoms with Gasteiger partial charge in [0.15, 0.2) is 0 Å². The highest BCUT2D eigenvalue weighted by atomic mass is 35.5. The second-order valence-electron chi connectivity index (χ2n) is 5.55. The van der Waals surface area contributed by atoms with Crippen molar-refractivity contribution in [2.24, 2.45) is 0 Å². The summed E-state index contributed by atoms with van der Waals surface area (Å²) in [5.74, 6) is 0.334. The molecule has 0 aliphatic carbocycles. The molecule has 0 atom stereocenters. The number of aryl methyl sites for hydroxylation is 1. The number of benzene rings is 1. The largest absolute Gasteiger partial charge is 0.368 e. The monoisotopic (exact) mass is 330 g/mol. The van der Waals surface area contributed by atoms with E-state index in [0.29, 0.717) is 16.4 Å². The van der Waals surface area contributed by atoms with Crippen LogP contribution in [0.1, 0.15) is 15.9 Å². The molecule has 0 radical (unpaired) electrons. The van der Waals surface area contributed by atoms with Gasteiger partial charge >= 0.3 is 0 Å². The number of rotatable bonds is 3. The van der Waals surface area contributed by atoms with Gasteiger partial charge in [0.1, 0.15) is 5.82 Å². The maximum Gasteiger partial charge on any atom is 0.257 e. The van der Waals surface area contributed by atoms with Gasteiger partial charge in [-0.3, -0.25) is 4.79 Å². The summed E-state index contributed by atoms with van der Waals surface area (Å²) in [4.78, 5) is 19.0. The second kappa shape index (κ2) is 6.98. The lowest BCUT2D eigenvalue weighted by Crippen LogP contribution is -2.43. The third-order valence-electron chi connectivity index (χ3n) is 3.92. The minimum absolute atomic E-state index is 0.201. The Morgan fingerprint density at radius 2 is 2.04 bits per heavy atom. The molecule has 5 nitrogen and oxygen atoms in total. The van der Waals surface area contributed by atoms with Gasteiger partial charge in [0.25, 0.3) is 5.91 Å². The number of pyridine rings is 1. The highest BCUT2D eigenvalue weighted by Crippen LogP contribution is 2.19. The van der Waals surface area contributed by atoms with E-state index in [1.54, 1.807) is 18.3 Å². The molecule has 1 aliphatic rings. The minimum Gasteiger partial charge on any atom is -0.368 e. The van der Waals surface area contributed by atoms with E-state index in [9.17, 15) is 4.79 Å². The Hall–Kier alpha value is -2.11. The quantitative estimate of drug-likeness (QED) is 0.908. The van der Waals surface area contributed by atoms with Crippen molar-refractivity contribution < 1.29 is 4.79 Å². The average Bonchev–Trinajstić information content (AvgIpc) is 2.58. The first kappa shape index (κ1) is 15.8. The number of amides is 1. The Morgan fingerprint density at radius 3 is 2.74 bits per heavy atom. The summed E-state index contributed by atoms with van der Waals surface area (Å²) < 4.78 is 0. The summed E-state index contributed by atoms with van der Waals surface area (Å²) in [6.07, 6.45) is 1.80. The predicted molar refractivity (Wildman–Crippen MR) is 93.5 cm³/mol. The van der Waals surface area contributed by atoms with Crippen molar-refractivity contribution in [3.05, 3.63) is 52.7 Å². The predicted octanol–water partition coefficient (Wildman–Crippen LogP) is 2.71. The maximum absolute atomic E-state index is 12.3. The molecule has 0 saturated carbocycles. The highest BCUT2D eigenvalue weighted by Gasteiger charge is 2.13. The van der Waals surface area contributed by atoms with E-state index < -0.39 is 0 Å². The molecule has 6 heteroatoms. The van der Waals surface area contributed by atoms with Crippen LogP contribution < -0.4 is 15.5 Å². The van der Waals surface area contributed by atoms with E-state index in [1.807, 2.05) is 25.1 Å². The van der Waals surface area contributed by atoms with Crippen molar-refractivity contribution in [2.45, 2.75) is 6.92 Å². The van der Waals surface area contributed by atoms with Crippen molar-refractivity contribution in [2.75, 3.05) is 36.4 Å². The maximum atomic E-state index is 12.3. The van der Waals surface area contributed by atoms with Crippen LogP contribution in [0.5, 0.6) is 0 Å². The molecule has 0 bridgehead atoms. The Bertz CT molecular complexity index is 696. The van der Waals surface area contributed by atoms with Crippen LogP contribution in [0.2, 0.25) is 5.02 Å². The normalized spacial score (nSPS) is 14.6. The van der Waals surface area contributed by atoms with Gasteiger partial charge in [-0.15, -0.1) is 0 Å². The molecule has 23 heavy (non-hydrogen) atoms. The first-order chi connectivity index (χ1) is 11.1. The van der Waals surface area contributed by atoms with Crippen molar-refractivity contribution in [3.63, 3.8) is 0 Å². The number of hydrogen-bond donors (Lipinski definition) is 2. The Balaban J connectivity index is 1.70. The number of hydrogen-bond acceptors (Lipinski definition) is 4. The summed E-state index contributed by atoms with van der Waals surface area (Å²) in [7, 11) is 0. The topological polar surface area (TPSA) is 57.3 Å². The summed E-state index contributed by atoms with van der Waals surface area (Å²) in [5, 5.41) is 6.68. The van der Waals surface area contributed by atoms with Crippen molar-refractivity contribution in [1.29, 1.82) is 0 Å². The van der Waals surface area contributed by atoms with Crippen LogP contribution in [0.25, 0.3) is 0 Å². The fourth-order valence-corrected chi connectivity index (χ4v) is 2.76. The van der Waals surface area contributed by atoms with Gasteiger partial charge in [0, 0.05) is 36.8 Å². The number of nitrogens with one attached hydrogen (secondary N) is 2. The van der Waals surface area contributed by atoms with Crippen molar-refractivity contribution in [1.82, 2.24) is 10.3 Å². The standard InChI is InChI=1S/C17H19ClN4O/c1-12-2-3-13(18)10-15(12)17(23)21-16-5-4-14(11-20-16)22-8-6-19-7-9-22/h2-5,10-11,19H,6-9H2,1H3,(H,20,21,23). The molecule has 2 heterocycles. The summed E-state index contributed by atoms with van der Waals surface area (Å²) in [5.41, 5.74) is 2.51. The number of anilines is 2. The molecule has 1 fully saturated rings. The summed E-state index contributed by atoms with van der Waals surface area (Å²) in [6, 6.07) is 9.08. The van der Waals surface area contributed by atoms with Gasteiger partial charge in [-0.05, 0) is 36.8 Å². The zero-order valence-corrected chi connectivity index (χ0v) is 13.7. The zero-order chi connectivity index (χ0) is 16.2. The summed E-state index contributed by atoms with van der Waals surface area (Å²) in [6.45, 7) is 5.77. The van der Waals surface area contributed by atoms with Crippen LogP contribution in [-0.2, 0) is 0 Å². The smallest absolute Gasteiger partial charge is 0.257 e. The minimum atomic E-state index is -0.201. The van der Waals surface area contributed by atoms with Crippen molar-refractivity contribution in [3.8, 4) is 0 Å². The van der Waals surface area contributed by atoms with Crippen LogP contribution in [0.3, 0.4) is 0 Å². The van der Waals surface area contributed by atoms with Crippen LogP contribution in [0, 0.1) is 6.92 Å². The number of halogens is 1. The fraction of sp³-hybridized carbons (Fsp3) is 0.294. The van der Waals surface area contributed by atoms with Gasteiger partial charge in [0.2, 0.25) is 0 Å².